The summed E-state index contributed by atoms with van der Waals surface area (Å²) in [4.78, 5) is 21.1. The van der Waals surface area contributed by atoms with Crippen molar-refractivity contribution in [1.29, 1.82) is 0 Å². The molecule has 0 aliphatic carbocycles. The molecule has 0 saturated heterocycles. The van der Waals surface area contributed by atoms with E-state index in [0.717, 1.165) is 0 Å². The Morgan fingerprint density at radius 1 is 0.933 bits per heavy atom. The van der Waals surface area contributed by atoms with Gasteiger partial charge in [-0.25, -0.2) is 15.0 Å². The van der Waals surface area contributed by atoms with Crippen LogP contribution in [-0.4, -0.2) is 20.9 Å². The normalized spacial score (nSPS) is 8.53. The summed E-state index contributed by atoms with van der Waals surface area (Å²) in [6.45, 7) is 0. The largest absolute Gasteiger partial charge is 0.366 e. The van der Waals surface area contributed by atoms with E-state index >= 15 is 0 Å². The number of rotatable bonds is 1. The maximum atomic E-state index is 10.4. The van der Waals surface area contributed by atoms with Crippen LogP contribution in [0.25, 0.3) is 0 Å². The van der Waals surface area contributed by atoms with Gasteiger partial charge >= 0.3 is 0 Å². The lowest BCUT2D eigenvalue weighted by Crippen LogP contribution is -2.09. The summed E-state index contributed by atoms with van der Waals surface area (Å²) in [6, 6.07) is 8.76. The third kappa shape index (κ3) is 4.47. The number of carbonyl (C=O) groups is 1. The van der Waals surface area contributed by atoms with Crippen molar-refractivity contribution in [3.8, 4) is 0 Å². The minimum Gasteiger partial charge on any atom is -0.366 e. The average Bonchev–Trinajstić information content (AvgIpc) is 2.33. The van der Waals surface area contributed by atoms with E-state index in [1.165, 1.54) is 19.0 Å². The van der Waals surface area contributed by atoms with Gasteiger partial charge in [-0.2, -0.15) is 0 Å². The van der Waals surface area contributed by atoms with Gasteiger partial charge in [0, 0.05) is 5.56 Å². The van der Waals surface area contributed by atoms with Gasteiger partial charge in [-0.3, -0.25) is 4.79 Å². The number of amides is 1. The van der Waals surface area contributed by atoms with E-state index in [9.17, 15) is 4.79 Å². The van der Waals surface area contributed by atoms with Crippen LogP contribution in [0, 0.1) is 0 Å². The Morgan fingerprint density at radius 3 is 1.67 bits per heavy atom. The Labute approximate surface area is 87.0 Å². The van der Waals surface area contributed by atoms with E-state index in [1.807, 2.05) is 6.07 Å². The monoisotopic (exact) mass is 202 g/mol. The first-order valence-electron chi connectivity index (χ1n) is 4.20. The highest BCUT2D eigenvalue weighted by atomic mass is 16.1. The van der Waals surface area contributed by atoms with Gasteiger partial charge in [0.25, 0.3) is 0 Å². The highest BCUT2D eigenvalue weighted by Crippen LogP contribution is 1.94. The zero-order valence-corrected chi connectivity index (χ0v) is 7.95. The second kappa shape index (κ2) is 6.20. The fraction of sp³-hybridized carbons (Fsp3) is 0. The fourth-order valence-corrected chi connectivity index (χ4v) is 0.807. The van der Waals surface area contributed by atoms with E-state index in [4.69, 9.17) is 5.73 Å². The van der Waals surface area contributed by atoms with Gasteiger partial charge in [-0.05, 0) is 12.1 Å². The molecule has 1 heterocycles. The molecule has 15 heavy (non-hydrogen) atoms. The molecule has 1 aromatic carbocycles. The first-order chi connectivity index (χ1) is 7.30. The molecule has 0 aliphatic heterocycles. The first-order valence-corrected chi connectivity index (χ1v) is 4.20. The number of nitrogens with two attached hydrogens (primary N) is 1. The summed E-state index contributed by atoms with van der Waals surface area (Å²) >= 11 is 0. The lowest BCUT2D eigenvalue weighted by atomic mass is 10.2. The van der Waals surface area contributed by atoms with Crippen LogP contribution in [0.5, 0.6) is 0 Å². The maximum absolute atomic E-state index is 10.4. The van der Waals surface area contributed by atoms with Crippen molar-refractivity contribution in [1.82, 2.24) is 15.0 Å². The predicted octanol–water partition coefficient (Wildman–Crippen LogP) is 0.657. The minimum absolute atomic E-state index is 0.379. The van der Waals surface area contributed by atoms with Gasteiger partial charge in [0.15, 0.2) is 0 Å². The molecule has 1 amide bonds. The van der Waals surface area contributed by atoms with Gasteiger partial charge in [-0.15, -0.1) is 0 Å². The Kier molecular flexibility index (Phi) is 4.45. The fourth-order valence-electron chi connectivity index (χ4n) is 0.807. The van der Waals surface area contributed by atoms with Crippen molar-refractivity contribution in [2.75, 3.05) is 0 Å². The minimum atomic E-state index is -0.379. The number of aromatic nitrogens is 3. The van der Waals surface area contributed by atoms with E-state index in [0.29, 0.717) is 5.56 Å². The van der Waals surface area contributed by atoms with Crippen LogP contribution in [0.3, 0.4) is 0 Å². The quantitative estimate of drug-likeness (QED) is 0.736. The van der Waals surface area contributed by atoms with Crippen LogP contribution >= 0.6 is 0 Å². The van der Waals surface area contributed by atoms with Crippen molar-refractivity contribution in [3.63, 3.8) is 0 Å². The Morgan fingerprint density at radius 2 is 1.40 bits per heavy atom. The summed E-state index contributed by atoms with van der Waals surface area (Å²) in [6.07, 6.45) is 4.31. The molecule has 5 nitrogen and oxygen atoms in total. The second-order valence-corrected chi connectivity index (χ2v) is 2.52. The molecular formula is C10H10N4O. The summed E-state index contributed by atoms with van der Waals surface area (Å²) < 4.78 is 0. The highest BCUT2D eigenvalue weighted by molar-refractivity contribution is 5.92. The zero-order valence-electron chi connectivity index (χ0n) is 7.95. The SMILES string of the molecule is NC(=O)c1ccccc1.c1ncncn1. The Hall–Kier alpha value is -2.30. The molecule has 0 radical (unpaired) electrons. The predicted molar refractivity (Wildman–Crippen MR) is 54.8 cm³/mol. The van der Waals surface area contributed by atoms with Crippen LogP contribution in [0.15, 0.2) is 49.3 Å². The highest BCUT2D eigenvalue weighted by Gasteiger charge is 1.93. The number of hydrogen-bond acceptors (Lipinski definition) is 4. The molecular weight excluding hydrogens is 192 g/mol. The molecule has 0 spiro atoms. The number of benzene rings is 1. The number of carbonyl (C=O) groups excluding carboxylic acids is 1. The van der Waals surface area contributed by atoms with Crippen molar-refractivity contribution in [2.24, 2.45) is 5.73 Å². The molecule has 2 rings (SSSR count). The number of hydrogen-bond donors (Lipinski definition) is 1. The zero-order chi connectivity index (χ0) is 10.9. The molecule has 0 bridgehead atoms. The first kappa shape index (κ1) is 10.8. The van der Waals surface area contributed by atoms with Crippen molar-refractivity contribution >= 4 is 5.91 Å². The molecule has 2 aromatic rings. The summed E-state index contributed by atoms with van der Waals surface area (Å²) in [5, 5.41) is 0. The van der Waals surface area contributed by atoms with E-state index in [2.05, 4.69) is 15.0 Å². The number of primary amides is 1. The van der Waals surface area contributed by atoms with Gasteiger partial charge < -0.3 is 5.73 Å². The van der Waals surface area contributed by atoms with Gasteiger partial charge in [-0.1, -0.05) is 18.2 Å². The molecule has 0 fully saturated rings. The molecule has 1 aromatic heterocycles. The smallest absolute Gasteiger partial charge is 0.248 e. The van der Waals surface area contributed by atoms with Crippen LogP contribution in [-0.2, 0) is 0 Å². The van der Waals surface area contributed by atoms with Gasteiger partial charge in [0.1, 0.15) is 19.0 Å². The van der Waals surface area contributed by atoms with Gasteiger partial charge in [0.05, 0.1) is 0 Å². The van der Waals surface area contributed by atoms with E-state index in [-0.39, 0.29) is 5.91 Å². The summed E-state index contributed by atoms with van der Waals surface area (Å²) in [7, 11) is 0. The van der Waals surface area contributed by atoms with Crippen molar-refractivity contribution in [2.45, 2.75) is 0 Å². The average molecular weight is 202 g/mol. The van der Waals surface area contributed by atoms with Crippen LogP contribution < -0.4 is 5.73 Å². The van der Waals surface area contributed by atoms with Crippen LogP contribution in [0.1, 0.15) is 10.4 Å². The molecule has 0 aliphatic rings. The van der Waals surface area contributed by atoms with E-state index < -0.39 is 0 Å². The second-order valence-electron chi connectivity index (χ2n) is 2.52. The van der Waals surface area contributed by atoms with Crippen molar-refractivity contribution < 1.29 is 4.79 Å². The summed E-state index contributed by atoms with van der Waals surface area (Å²) in [5.41, 5.74) is 5.53. The third-order valence-electron chi connectivity index (χ3n) is 1.46. The summed E-state index contributed by atoms with van der Waals surface area (Å²) in [5.74, 6) is -0.379. The number of nitrogens with zero attached hydrogens (tertiary/aromatic N) is 3. The Balaban J connectivity index is 0.000000162. The standard InChI is InChI=1S/C7H7NO.C3H3N3/c8-7(9)6-4-2-1-3-5-6;1-4-2-6-3-5-1/h1-5H,(H2,8,9);1-3H. The lowest BCUT2D eigenvalue weighted by Gasteiger charge is -1.89. The maximum Gasteiger partial charge on any atom is 0.248 e. The van der Waals surface area contributed by atoms with Gasteiger partial charge in [0.2, 0.25) is 5.91 Å². The van der Waals surface area contributed by atoms with Crippen molar-refractivity contribution in [3.05, 3.63) is 54.9 Å². The Bertz CT molecular complexity index is 364. The third-order valence-corrected chi connectivity index (χ3v) is 1.46. The lowest BCUT2D eigenvalue weighted by molar-refractivity contribution is 0.100. The van der Waals surface area contributed by atoms with Crippen LogP contribution in [0.4, 0.5) is 0 Å². The topological polar surface area (TPSA) is 81.8 Å². The molecule has 0 unspecified atom stereocenters. The van der Waals surface area contributed by atoms with Crippen LogP contribution in [0.2, 0.25) is 0 Å². The molecule has 5 heteroatoms. The molecule has 2 N–H and O–H groups in total. The molecule has 76 valence electrons. The molecule has 0 atom stereocenters. The molecule has 0 saturated carbocycles. The van der Waals surface area contributed by atoms with E-state index in [1.54, 1.807) is 24.3 Å².